The lowest BCUT2D eigenvalue weighted by molar-refractivity contribution is -0.127. The molecule has 0 radical (unpaired) electrons. The number of sulfonamides is 1. The van der Waals surface area contributed by atoms with Gasteiger partial charge in [-0.2, -0.15) is 4.98 Å². The van der Waals surface area contributed by atoms with E-state index in [1.807, 2.05) is 39.0 Å². The first-order chi connectivity index (χ1) is 19.4. The van der Waals surface area contributed by atoms with Crippen molar-refractivity contribution in [3.05, 3.63) is 53.7 Å². The van der Waals surface area contributed by atoms with Crippen LogP contribution in [-0.4, -0.2) is 51.0 Å². The van der Waals surface area contributed by atoms with Gasteiger partial charge in [-0.3, -0.25) is 4.79 Å². The van der Waals surface area contributed by atoms with Crippen molar-refractivity contribution in [2.45, 2.75) is 38.5 Å². The van der Waals surface area contributed by atoms with E-state index < -0.39 is 15.4 Å². The Bertz CT molecular complexity index is 1520. The van der Waals surface area contributed by atoms with Crippen LogP contribution >= 0.6 is 11.6 Å². The van der Waals surface area contributed by atoms with Gasteiger partial charge in [-0.15, -0.1) is 0 Å². The van der Waals surface area contributed by atoms with Gasteiger partial charge in [0.25, 0.3) is 0 Å². The number of anilines is 5. The molecule has 0 saturated carbocycles. The average Bonchev–Trinajstić information content (AvgIpc) is 2.94. The van der Waals surface area contributed by atoms with Crippen LogP contribution in [0.4, 0.5) is 28.8 Å². The molecular weight excluding hydrogens is 566 g/mol. The van der Waals surface area contributed by atoms with Gasteiger partial charge < -0.3 is 26.0 Å². The summed E-state index contributed by atoms with van der Waals surface area (Å²) in [7, 11) is -2.21. The number of carbonyl (C=O) groups excluding carboxylic acids is 1. The molecule has 11 nitrogen and oxygen atoms in total. The molecule has 1 aliphatic rings. The number of para-hydroxylation sites is 1. The summed E-state index contributed by atoms with van der Waals surface area (Å²) in [4.78, 5) is 23.0. The van der Waals surface area contributed by atoms with Gasteiger partial charge in [0, 0.05) is 31.4 Å². The maximum Gasteiger partial charge on any atom is 0.242 e. The summed E-state index contributed by atoms with van der Waals surface area (Å²) in [6.07, 6.45) is 3.03. The Labute approximate surface area is 245 Å². The third-order valence-corrected chi connectivity index (χ3v) is 8.70. The van der Waals surface area contributed by atoms with Crippen molar-refractivity contribution in [3.63, 3.8) is 0 Å². The second-order valence-corrected chi connectivity index (χ2v) is 12.9. The first-order valence-corrected chi connectivity index (χ1v) is 15.2. The predicted molar refractivity (Wildman–Crippen MR) is 162 cm³/mol. The van der Waals surface area contributed by atoms with Gasteiger partial charge in [-0.05, 0) is 49.9 Å². The third kappa shape index (κ3) is 7.19. The standard InChI is InChI=1S/C28H36ClN7O4S/c1-18(2)15-32-41(38,39)24-9-6-5-8-22(24)33-25-20(29)16-31-27(35-25)34-21-11-10-19(14-23(21)40-4)36-13-7-12-28(3,17-36)26(30)37/h5-6,8-11,14,16,18,32H,7,12-13,15,17H2,1-4H3,(H2,30,37)(H2,31,33,34,35). The number of carbonyl (C=O) groups is 1. The molecule has 1 fully saturated rings. The molecule has 41 heavy (non-hydrogen) atoms. The fourth-order valence-corrected chi connectivity index (χ4v) is 6.08. The Morgan fingerprint density at radius 1 is 1.20 bits per heavy atom. The van der Waals surface area contributed by atoms with Crippen LogP contribution in [-0.2, 0) is 14.8 Å². The fraction of sp³-hybridized carbons (Fsp3) is 0.393. The molecule has 1 atom stereocenters. The van der Waals surface area contributed by atoms with Gasteiger partial charge in [-0.1, -0.05) is 37.6 Å². The minimum absolute atomic E-state index is 0.0762. The molecule has 1 unspecified atom stereocenters. The number of ether oxygens (including phenoxy) is 1. The number of hydrogen-bond acceptors (Lipinski definition) is 9. The summed E-state index contributed by atoms with van der Waals surface area (Å²) in [6.45, 7) is 7.39. The maximum atomic E-state index is 13.0. The lowest BCUT2D eigenvalue weighted by atomic mass is 9.81. The van der Waals surface area contributed by atoms with E-state index in [1.165, 1.54) is 12.3 Å². The smallest absolute Gasteiger partial charge is 0.242 e. The van der Waals surface area contributed by atoms with E-state index in [-0.39, 0.29) is 33.5 Å². The predicted octanol–water partition coefficient (Wildman–Crippen LogP) is 4.65. The summed E-state index contributed by atoms with van der Waals surface area (Å²) in [6, 6.07) is 12.2. The van der Waals surface area contributed by atoms with Gasteiger partial charge in [0.05, 0.1) is 30.1 Å². The van der Waals surface area contributed by atoms with Crippen molar-refractivity contribution in [1.29, 1.82) is 0 Å². The van der Waals surface area contributed by atoms with Crippen molar-refractivity contribution in [2.75, 3.05) is 42.3 Å². The molecule has 3 aromatic rings. The molecular formula is C28H36ClN7O4S. The number of hydrogen-bond donors (Lipinski definition) is 4. The quantitative estimate of drug-likeness (QED) is 0.246. The SMILES string of the molecule is COc1cc(N2CCCC(C)(C(N)=O)C2)ccc1Nc1ncc(Cl)c(Nc2ccccc2S(=O)(=O)NCC(C)C)n1. The minimum Gasteiger partial charge on any atom is -0.494 e. The molecule has 0 bridgehead atoms. The molecule has 2 aromatic carbocycles. The lowest BCUT2D eigenvalue weighted by Gasteiger charge is -2.39. The molecule has 1 amide bonds. The second kappa shape index (κ2) is 12.5. The maximum absolute atomic E-state index is 13.0. The monoisotopic (exact) mass is 601 g/mol. The highest BCUT2D eigenvalue weighted by molar-refractivity contribution is 7.89. The van der Waals surface area contributed by atoms with Crippen LogP contribution in [0, 0.1) is 11.3 Å². The molecule has 1 aromatic heterocycles. The van der Waals surface area contributed by atoms with Crippen LogP contribution in [0.25, 0.3) is 0 Å². The van der Waals surface area contributed by atoms with Crippen LogP contribution in [0.2, 0.25) is 5.02 Å². The first kappa shape index (κ1) is 30.4. The molecule has 1 saturated heterocycles. The zero-order chi connectivity index (χ0) is 29.8. The number of primary amides is 1. The van der Waals surface area contributed by atoms with Crippen LogP contribution < -0.4 is 30.7 Å². The highest BCUT2D eigenvalue weighted by Gasteiger charge is 2.36. The van der Waals surface area contributed by atoms with Crippen LogP contribution in [0.5, 0.6) is 5.75 Å². The highest BCUT2D eigenvalue weighted by atomic mass is 35.5. The summed E-state index contributed by atoms with van der Waals surface area (Å²) in [5.41, 5.74) is 6.92. The van der Waals surface area contributed by atoms with E-state index in [1.54, 1.807) is 25.3 Å². The Kier molecular flexibility index (Phi) is 9.25. The van der Waals surface area contributed by atoms with Crippen molar-refractivity contribution in [2.24, 2.45) is 17.1 Å². The number of nitrogens with one attached hydrogen (secondary N) is 3. The average molecular weight is 602 g/mol. The Hall–Kier alpha value is -3.61. The molecule has 13 heteroatoms. The van der Waals surface area contributed by atoms with E-state index in [4.69, 9.17) is 22.1 Å². The van der Waals surface area contributed by atoms with Gasteiger partial charge >= 0.3 is 0 Å². The Morgan fingerprint density at radius 2 is 1.95 bits per heavy atom. The molecule has 220 valence electrons. The van der Waals surface area contributed by atoms with Crippen LogP contribution in [0.3, 0.4) is 0 Å². The zero-order valence-corrected chi connectivity index (χ0v) is 25.1. The topological polar surface area (TPSA) is 152 Å². The summed E-state index contributed by atoms with van der Waals surface area (Å²) in [5, 5.41) is 6.40. The second-order valence-electron chi connectivity index (χ2n) is 10.7. The van der Waals surface area contributed by atoms with Gasteiger partial charge in [0.15, 0.2) is 5.82 Å². The van der Waals surface area contributed by atoms with Crippen molar-refractivity contribution < 1.29 is 17.9 Å². The zero-order valence-electron chi connectivity index (χ0n) is 23.6. The lowest BCUT2D eigenvalue weighted by Crippen LogP contribution is -2.48. The number of nitrogens with two attached hydrogens (primary N) is 1. The molecule has 0 aliphatic carbocycles. The Balaban J connectivity index is 1.56. The van der Waals surface area contributed by atoms with E-state index >= 15 is 0 Å². The summed E-state index contributed by atoms with van der Waals surface area (Å²) >= 11 is 6.39. The number of rotatable bonds is 11. The van der Waals surface area contributed by atoms with Gasteiger partial charge in [0.1, 0.15) is 15.7 Å². The molecule has 4 rings (SSSR count). The fourth-order valence-electron chi connectivity index (χ4n) is 4.56. The van der Waals surface area contributed by atoms with Crippen molar-refractivity contribution in [3.8, 4) is 5.75 Å². The third-order valence-electron chi connectivity index (χ3n) is 6.94. The summed E-state index contributed by atoms with van der Waals surface area (Å²) < 4.78 is 34.2. The van der Waals surface area contributed by atoms with Crippen LogP contribution in [0.15, 0.2) is 53.6 Å². The van der Waals surface area contributed by atoms with E-state index in [9.17, 15) is 13.2 Å². The van der Waals surface area contributed by atoms with E-state index in [2.05, 4.69) is 30.2 Å². The summed E-state index contributed by atoms with van der Waals surface area (Å²) in [5.74, 6) is 0.847. The molecule has 5 N–H and O–H groups in total. The minimum atomic E-state index is -3.77. The van der Waals surface area contributed by atoms with E-state index in [0.29, 0.717) is 30.2 Å². The molecule has 1 aliphatic heterocycles. The number of aromatic nitrogens is 2. The van der Waals surface area contributed by atoms with Crippen LogP contribution in [0.1, 0.15) is 33.6 Å². The van der Waals surface area contributed by atoms with E-state index in [0.717, 1.165) is 25.1 Å². The number of piperidine rings is 1. The number of methoxy groups -OCH3 is 1. The first-order valence-electron chi connectivity index (χ1n) is 13.3. The number of amides is 1. The van der Waals surface area contributed by atoms with Crippen molar-refractivity contribution >= 4 is 56.4 Å². The van der Waals surface area contributed by atoms with Gasteiger partial charge in [0.2, 0.25) is 21.9 Å². The normalized spacial score (nSPS) is 17.4. The largest absolute Gasteiger partial charge is 0.494 e. The van der Waals surface area contributed by atoms with Crippen molar-refractivity contribution in [1.82, 2.24) is 14.7 Å². The molecule has 0 spiro atoms. The van der Waals surface area contributed by atoms with Gasteiger partial charge in [-0.25, -0.2) is 18.1 Å². The molecule has 2 heterocycles. The number of nitrogens with zero attached hydrogens (tertiary/aromatic N) is 3. The Morgan fingerprint density at radius 3 is 2.66 bits per heavy atom. The number of benzene rings is 2. The highest BCUT2D eigenvalue weighted by Crippen LogP contribution is 2.37. The number of halogens is 1.